The van der Waals surface area contributed by atoms with Crippen LogP contribution in [-0.2, 0) is 17.6 Å². The minimum atomic E-state index is -2.04. The van der Waals surface area contributed by atoms with E-state index in [1.165, 1.54) is 5.56 Å². The van der Waals surface area contributed by atoms with Gasteiger partial charge in [0, 0.05) is 30.8 Å². The van der Waals surface area contributed by atoms with Crippen molar-refractivity contribution in [1.29, 1.82) is 0 Å². The predicted molar refractivity (Wildman–Crippen MR) is 83.6 cm³/mol. The van der Waals surface area contributed by atoms with Crippen molar-refractivity contribution in [2.45, 2.75) is 17.7 Å². The molecule has 0 aromatic heterocycles. The Kier molecular flexibility index (Phi) is 6.81. The number of hydrogen-bond donors (Lipinski definition) is 0. The van der Waals surface area contributed by atoms with Crippen LogP contribution in [0, 0.1) is 0 Å². The molecule has 1 unspecified atom stereocenters. The van der Waals surface area contributed by atoms with Crippen molar-refractivity contribution in [2.24, 2.45) is 0 Å². The van der Waals surface area contributed by atoms with Gasteiger partial charge in [0.05, 0.1) is 0 Å². The molecule has 0 N–H and O–H groups in total. The molecule has 2 aromatic carbocycles. The second kappa shape index (κ2) is 8.39. The normalized spacial score (nSPS) is 23.0. The number of nitrogens with zero attached hydrogens (tertiary/aromatic N) is 1. The molecule has 110 valence electrons. The number of rotatable bonds is 4. The van der Waals surface area contributed by atoms with Crippen molar-refractivity contribution >= 4 is 11.1 Å². The van der Waals surface area contributed by atoms with Gasteiger partial charge in [-0.1, -0.05) is 71.7 Å². The van der Waals surface area contributed by atoms with E-state index in [1.54, 1.807) is 0 Å². The third-order valence-corrected chi connectivity index (χ3v) is 5.04. The molecule has 1 heterocycles. The van der Waals surface area contributed by atoms with Gasteiger partial charge in [0.15, 0.2) is 0 Å². The van der Waals surface area contributed by atoms with Crippen LogP contribution in [0.1, 0.15) is 17.0 Å². The molecule has 0 aliphatic carbocycles. The first-order valence-corrected chi connectivity index (χ1v) is 8.27. The topological polar surface area (TPSA) is 43.4 Å². The van der Waals surface area contributed by atoms with Crippen molar-refractivity contribution in [3.8, 4) is 0 Å². The van der Waals surface area contributed by atoms with Crippen LogP contribution in [0.5, 0.6) is 0 Å². The van der Waals surface area contributed by atoms with Crippen LogP contribution in [0.15, 0.2) is 60.7 Å². The maximum Gasteiger partial charge on any atom is 1.00 e. The molecular weight excluding hydrogens is 305 g/mol. The molecule has 1 saturated heterocycles. The molecule has 0 bridgehead atoms. The summed E-state index contributed by atoms with van der Waals surface area (Å²) in [5.41, 5.74) is 2.34. The second-order valence-electron chi connectivity index (χ2n) is 5.50. The molecule has 22 heavy (non-hydrogen) atoms. The van der Waals surface area contributed by atoms with Gasteiger partial charge in [-0.3, -0.25) is 9.11 Å². The fraction of sp³-hybridized carbons (Fsp3) is 0.294. The van der Waals surface area contributed by atoms with Gasteiger partial charge >= 0.3 is 29.6 Å². The first-order valence-electron chi connectivity index (χ1n) is 7.13. The Bertz CT molecular complexity index is 609. The summed E-state index contributed by atoms with van der Waals surface area (Å²) in [5.74, 6) is 0.0632. The van der Waals surface area contributed by atoms with Gasteiger partial charge in [0.2, 0.25) is 0 Å². The summed E-state index contributed by atoms with van der Waals surface area (Å²) >= 11 is -2.04. The van der Waals surface area contributed by atoms with Gasteiger partial charge in [0.1, 0.15) is 0 Å². The van der Waals surface area contributed by atoms with Crippen molar-refractivity contribution in [2.75, 3.05) is 13.1 Å². The van der Waals surface area contributed by atoms with Crippen LogP contribution in [0.2, 0.25) is 0 Å². The molecule has 3 nitrogen and oxygen atoms in total. The van der Waals surface area contributed by atoms with E-state index in [0.29, 0.717) is 6.54 Å². The summed E-state index contributed by atoms with van der Waals surface area (Å²) in [4.78, 5) is 2.23. The van der Waals surface area contributed by atoms with Crippen LogP contribution in [0.3, 0.4) is 0 Å². The average molecular weight is 323 g/mol. The SMILES string of the molecule is O=S([O-])[C@@H]1CN(Cc2ccccc2)C[C@H]1c1ccccc1.[Na+]. The first kappa shape index (κ1) is 17.9. The van der Waals surface area contributed by atoms with E-state index < -0.39 is 11.1 Å². The maximum absolute atomic E-state index is 11.6. The molecule has 1 fully saturated rings. The predicted octanol–water partition coefficient (Wildman–Crippen LogP) is -0.462. The standard InChI is InChI=1S/C17H19NO2S.Na/c19-21(20)17-13-18(11-14-7-3-1-4-8-14)12-16(17)15-9-5-2-6-10-15;/h1-10,16-17H,11-13H2,(H,19,20);/q;+1/p-1/t16-,17+;/m0./s1. The zero-order chi connectivity index (χ0) is 14.7. The minimum Gasteiger partial charge on any atom is -0.772 e. The molecule has 2 aromatic rings. The minimum absolute atomic E-state index is 0. The maximum atomic E-state index is 11.6. The molecule has 1 aliphatic rings. The number of likely N-dealkylation sites (tertiary alicyclic amines) is 1. The smallest absolute Gasteiger partial charge is 0.772 e. The van der Waals surface area contributed by atoms with E-state index >= 15 is 0 Å². The van der Waals surface area contributed by atoms with Gasteiger partial charge < -0.3 is 4.55 Å². The van der Waals surface area contributed by atoms with E-state index in [2.05, 4.69) is 17.0 Å². The summed E-state index contributed by atoms with van der Waals surface area (Å²) in [6.45, 7) is 2.19. The van der Waals surface area contributed by atoms with Gasteiger partial charge in [0.25, 0.3) is 0 Å². The molecular formula is C17H18NNaO2S. The Balaban J connectivity index is 0.00000176. The molecule has 1 aliphatic heterocycles. The molecule has 0 radical (unpaired) electrons. The molecule has 3 atom stereocenters. The Morgan fingerprint density at radius 2 is 1.59 bits per heavy atom. The largest absolute Gasteiger partial charge is 1.00 e. The van der Waals surface area contributed by atoms with E-state index in [-0.39, 0.29) is 40.7 Å². The fourth-order valence-electron chi connectivity index (χ4n) is 3.04. The van der Waals surface area contributed by atoms with Crippen molar-refractivity contribution in [3.05, 3.63) is 71.8 Å². The number of benzene rings is 2. The van der Waals surface area contributed by atoms with Gasteiger partial charge in [-0.15, -0.1) is 0 Å². The van der Waals surface area contributed by atoms with Crippen LogP contribution >= 0.6 is 0 Å². The van der Waals surface area contributed by atoms with Crippen LogP contribution in [0.25, 0.3) is 0 Å². The first-order chi connectivity index (χ1) is 10.2. The van der Waals surface area contributed by atoms with E-state index in [4.69, 9.17) is 0 Å². The molecule has 0 saturated carbocycles. The molecule has 0 amide bonds. The summed E-state index contributed by atoms with van der Waals surface area (Å²) in [5, 5.41) is -0.323. The zero-order valence-electron chi connectivity index (χ0n) is 12.7. The Morgan fingerprint density at radius 1 is 1.00 bits per heavy atom. The van der Waals surface area contributed by atoms with E-state index in [1.807, 2.05) is 48.5 Å². The van der Waals surface area contributed by atoms with E-state index in [0.717, 1.165) is 18.7 Å². The summed E-state index contributed by atoms with van der Waals surface area (Å²) < 4.78 is 23.1. The van der Waals surface area contributed by atoms with Crippen LogP contribution in [-0.4, -0.2) is 32.0 Å². The Morgan fingerprint density at radius 3 is 2.18 bits per heavy atom. The number of hydrogen-bond acceptors (Lipinski definition) is 3. The quantitative estimate of drug-likeness (QED) is 0.565. The fourth-order valence-corrected chi connectivity index (χ4v) is 3.88. The monoisotopic (exact) mass is 323 g/mol. The zero-order valence-corrected chi connectivity index (χ0v) is 15.5. The molecule has 0 spiro atoms. The van der Waals surface area contributed by atoms with Gasteiger partial charge in [-0.05, 0) is 11.1 Å². The van der Waals surface area contributed by atoms with Crippen LogP contribution < -0.4 is 29.6 Å². The summed E-state index contributed by atoms with van der Waals surface area (Å²) in [6, 6.07) is 20.1. The summed E-state index contributed by atoms with van der Waals surface area (Å²) in [6.07, 6.45) is 0. The van der Waals surface area contributed by atoms with Crippen molar-refractivity contribution in [3.63, 3.8) is 0 Å². The third kappa shape index (κ3) is 4.28. The third-order valence-electron chi connectivity index (χ3n) is 4.07. The van der Waals surface area contributed by atoms with Gasteiger partial charge in [-0.25, -0.2) is 0 Å². The van der Waals surface area contributed by atoms with Crippen molar-refractivity contribution < 1.29 is 38.3 Å². The van der Waals surface area contributed by atoms with Crippen molar-refractivity contribution in [1.82, 2.24) is 4.90 Å². The molecule has 3 rings (SSSR count). The Hall–Kier alpha value is -0.490. The van der Waals surface area contributed by atoms with Gasteiger partial charge in [-0.2, -0.15) is 0 Å². The van der Waals surface area contributed by atoms with E-state index in [9.17, 15) is 8.76 Å². The average Bonchev–Trinajstić information content (AvgIpc) is 2.93. The second-order valence-corrected chi connectivity index (χ2v) is 6.62. The summed E-state index contributed by atoms with van der Waals surface area (Å²) in [7, 11) is 0. The Labute approximate surface area is 156 Å². The molecule has 5 heteroatoms. The van der Waals surface area contributed by atoms with Crippen LogP contribution in [0.4, 0.5) is 0 Å².